The van der Waals surface area contributed by atoms with E-state index in [1.54, 1.807) is 30.3 Å². The number of thiazole rings is 1. The van der Waals surface area contributed by atoms with E-state index in [9.17, 15) is 33.0 Å². The van der Waals surface area contributed by atoms with Gasteiger partial charge in [0.25, 0.3) is 16.0 Å². The molecule has 1 fully saturated rings. The number of amides is 1. The molecule has 2 aromatic carbocycles. The first-order valence-electron chi connectivity index (χ1n) is 12.4. The predicted molar refractivity (Wildman–Crippen MR) is 157 cm³/mol. The van der Waals surface area contributed by atoms with Crippen LogP contribution in [-0.4, -0.2) is 87.0 Å². The zero-order valence-corrected chi connectivity index (χ0v) is 24.9. The van der Waals surface area contributed by atoms with Gasteiger partial charge in [-0.05, 0) is 37.3 Å². The van der Waals surface area contributed by atoms with E-state index >= 15 is 0 Å². The van der Waals surface area contributed by atoms with E-state index in [4.69, 9.17) is 8.92 Å². The van der Waals surface area contributed by atoms with Crippen molar-refractivity contribution in [2.75, 3.05) is 18.1 Å². The fourth-order valence-electron chi connectivity index (χ4n) is 4.49. The Morgan fingerprint density at radius 1 is 1.14 bits per heavy atom. The van der Waals surface area contributed by atoms with Gasteiger partial charge >= 0.3 is 11.9 Å². The van der Waals surface area contributed by atoms with Crippen LogP contribution in [0.25, 0.3) is 10.2 Å². The van der Waals surface area contributed by atoms with Crippen LogP contribution in [0.15, 0.2) is 63.6 Å². The van der Waals surface area contributed by atoms with Gasteiger partial charge in [0, 0.05) is 17.1 Å². The molecule has 0 aliphatic carbocycles. The Bertz CT molecular complexity index is 1800. The van der Waals surface area contributed by atoms with Gasteiger partial charge in [-0.2, -0.15) is 8.42 Å². The molecule has 42 heavy (non-hydrogen) atoms. The van der Waals surface area contributed by atoms with Crippen LogP contribution in [0, 0.1) is 6.92 Å². The molecule has 3 aromatic rings. The number of ether oxygens (including phenoxy) is 1. The number of β-lactam (4-membered cyclic amide) rings is 1. The minimum absolute atomic E-state index is 0.0901. The van der Waals surface area contributed by atoms with Crippen molar-refractivity contribution < 1.29 is 41.9 Å². The van der Waals surface area contributed by atoms with Gasteiger partial charge in [-0.3, -0.25) is 14.7 Å². The third kappa shape index (κ3) is 5.28. The van der Waals surface area contributed by atoms with Gasteiger partial charge in [0.15, 0.2) is 12.1 Å². The molecule has 4 heterocycles. The number of rotatable bonds is 9. The molecule has 0 radical (unpaired) electrons. The second-order valence-electron chi connectivity index (χ2n) is 9.49. The molecular formula is C26H21N3O9S4. The fourth-order valence-corrected chi connectivity index (χ4v) is 8.99. The molecule has 3 aliphatic heterocycles. The first-order valence-corrected chi connectivity index (χ1v) is 16.6. The topological polar surface area (TPSA) is 173 Å². The molecule has 16 heteroatoms. The van der Waals surface area contributed by atoms with Crippen LogP contribution >= 0.6 is 34.9 Å². The molecule has 1 saturated heterocycles. The van der Waals surface area contributed by atoms with Gasteiger partial charge in [0.05, 0.1) is 15.1 Å². The molecule has 1 amide bonds. The van der Waals surface area contributed by atoms with Crippen LogP contribution < -0.4 is 4.74 Å². The Morgan fingerprint density at radius 3 is 2.60 bits per heavy atom. The summed E-state index contributed by atoms with van der Waals surface area (Å²) >= 11 is 3.88. The number of aromatic nitrogens is 1. The van der Waals surface area contributed by atoms with Crippen molar-refractivity contribution in [2.45, 2.75) is 29.3 Å². The lowest BCUT2D eigenvalue weighted by molar-refractivity contribution is -0.156. The smallest absolute Gasteiger partial charge is 0.352 e. The Kier molecular flexibility index (Phi) is 7.51. The van der Waals surface area contributed by atoms with Crippen LogP contribution in [0.5, 0.6) is 5.75 Å². The molecule has 2 N–H and O–H groups in total. The number of carbonyl (C=O) groups excluding carboxylic acids is 1. The Morgan fingerprint density at radius 2 is 1.90 bits per heavy atom. The lowest BCUT2D eigenvalue weighted by Gasteiger charge is -2.48. The highest BCUT2D eigenvalue weighted by atomic mass is 32.2. The molecule has 0 unspecified atom stereocenters. The number of aliphatic carboxylic acids is 2. The third-order valence-electron chi connectivity index (χ3n) is 6.63. The van der Waals surface area contributed by atoms with Gasteiger partial charge in [0.1, 0.15) is 33.5 Å². The number of aryl methyl sites for hydroxylation is 1. The number of aliphatic imine (C=N–C) groups is 1. The number of carbonyl (C=O) groups is 3. The Labute approximate surface area is 251 Å². The molecule has 0 spiro atoms. The molecule has 0 saturated carbocycles. The maximum absolute atomic E-state index is 12.9. The van der Waals surface area contributed by atoms with E-state index in [0.717, 1.165) is 15.2 Å². The number of carboxylic acids is 2. The predicted octanol–water partition coefficient (Wildman–Crippen LogP) is 2.96. The molecule has 3 aliphatic rings. The van der Waals surface area contributed by atoms with Crippen LogP contribution in [0.3, 0.4) is 0 Å². The number of carboxylic acid groups (broad SMARTS) is 2. The van der Waals surface area contributed by atoms with E-state index in [2.05, 4.69) is 9.98 Å². The van der Waals surface area contributed by atoms with Crippen molar-refractivity contribution in [2.24, 2.45) is 4.99 Å². The average Bonchev–Trinajstić information content (AvgIpc) is 3.62. The number of nitrogens with zero attached hydrogens (tertiary/aromatic N) is 3. The number of thioether (sulfide) groups is 2. The minimum atomic E-state index is -4.23. The van der Waals surface area contributed by atoms with E-state index in [1.165, 1.54) is 47.0 Å². The number of hydrogen-bond acceptors (Lipinski definition) is 12. The summed E-state index contributed by atoms with van der Waals surface area (Å²) in [7, 11) is -4.23. The third-order valence-corrected chi connectivity index (χ3v) is 11.5. The van der Waals surface area contributed by atoms with Gasteiger partial charge in [0.2, 0.25) is 0 Å². The largest absolute Gasteiger partial charge is 0.489 e. The highest BCUT2D eigenvalue weighted by Crippen LogP contribution is 2.43. The summed E-state index contributed by atoms with van der Waals surface area (Å²) in [6, 6.07) is 10.4. The summed E-state index contributed by atoms with van der Waals surface area (Å²) in [5, 5.41) is 19.5. The Hall–Kier alpha value is -3.44. The molecular weight excluding hydrogens is 627 g/mol. The van der Waals surface area contributed by atoms with E-state index < -0.39 is 45.5 Å². The number of benzene rings is 2. The molecule has 3 atom stereocenters. The second kappa shape index (κ2) is 11.0. The molecule has 0 bridgehead atoms. The maximum atomic E-state index is 12.9. The number of hydrogen-bond donors (Lipinski definition) is 2. The standard InChI is InChI=1S/C26H21N3O9S4/c1-12-2-5-15(6-3-12)42(35,36)38-20-23(30)29-19(26(33)34)13(10-40-24(20)29)9-37-14-4-7-16-18(8-14)41-22(27-16)21-28-17(11-39-21)25(31)32/h2-8,17,20,24H,9-11H2,1H3,(H,31,32)(H,33,34)/t17-,20+,24-/m1/s1. The number of fused-ring (bicyclic) bond motifs is 2. The van der Waals surface area contributed by atoms with Crippen LogP contribution in [0.1, 0.15) is 10.6 Å². The second-order valence-corrected chi connectivity index (χ2v) is 14.2. The van der Waals surface area contributed by atoms with Crippen LogP contribution in [0.4, 0.5) is 0 Å². The highest BCUT2D eigenvalue weighted by molar-refractivity contribution is 8.15. The molecule has 6 rings (SSSR count). The van der Waals surface area contributed by atoms with Gasteiger partial charge in [-0.1, -0.05) is 17.7 Å². The van der Waals surface area contributed by atoms with Crippen molar-refractivity contribution in [3.8, 4) is 5.75 Å². The van der Waals surface area contributed by atoms with Gasteiger partial charge in [-0.15, -0.1) is 34.9 Å². The van der Waals surface area contributed by atoms with Crippen LogP contribution in [0.2, 0.25) is 0 Å². The van der Waals surface area contributed by atoms with E-state index in [-0.39, 0.29) is 23.0 Å². The summed E-state index contributed by atoms with van der Waals surface area (Å²) in [6.45, 7) is 1.70. The first-order chi connectivity index (χ1) is 20.0. The van der Waals surface area contributed by atoms with Crippen molar-refractivity contribution >= 4 is 78.1 Å². The van der Waals surface area contributed by atoms with Crippen molar-refractivity contribution in [3.63, 3.8) is 0 Å². The maximum Gasteiger partial charge on any atom is 0.352 e. The monoisotopic (exact) mass is 647 g/mol. The van der Waals surface area contributed by atoms with E-state index in [0.29, 0.717) is 32.6 Å². The Balaban J connectivity index is 1.16. The van der Waals surface area contributed by atoms with Crippen molar-refractivity contribution in [3.05, 3.63) is 64.3 Å². The summed E-state index contributed by atoms with van der Waals surface area (Å²) in [4.78, 5) is 46.1. The van der Waals surface area contributed by atoms with Gasteiger partial charge in [-0.25, -0.2) is 18.8 Å². The summed E-state index contributed by atoms with van der Waals surface area (Å²) < 4.78 is 37.4. The zero-order chi connectivity index (χ0) is 29.8. The van der Waals surface area contributed by atoms with Crippen molar-refractivity contribution in [1.29, 1.82) is 0 Å². The van der Waals surface area contributed by atoms with Crippen molar-refractivity contribution in [1.82, 2.24) is 9.88 Å². The summed E-state index contributed by atoms with van der Waals surface area (Å²) in [5.41, 5.74) is 1.66. The van der Waals surface area contributed by atoms with Gasteiger partial charge < -0.3 is 14.9 Å². The normalized spacial score (nSPS) is 22.1. The summed E-state index contributed by atoms with van der Waals surface area (Å²) in [6.07, 6.45) is -1.34. The fraction of sp³-hybridized carbons (Fsp3) is 0.269. The molecule has 12 nitrogen and oxygen atoms in total. The molecule has 218 valence electrons. The minimum Gasteiger partial charge on any atom is -0.489 e. The molecule has 1 aromatic heterocycles. The summed E-state index contributed by atoms with van der Waals surface area (Å²) in [5.74, 6) is -2.07. The lowest BCUT2D eigenvalue weighted by atomic mass is 10.1. The average molecular weight is 648 g/mol. The van der Waals surface area contributed by atoms with E-state index in [1.807, 2.05) is 6.92 Å². The van der Waals surface area contributed by atoms with Crippen LogP contribution in [-0.2, 0) is 28.7 Å². The highest BCUT2D eigenvalue weighted by Gasteiger charge is 2.56. The zero-order valence-electron chi connectivity index (χ0n) is 21.6. The quantitative estimate of drug-likeness (QED) is 0.257. The first kappa shape index (κ1) is 28.7. The SMILES string of the molecule is Cc1ccc(S(=O)(=O)O[C@H]2C(=O)N3C(C(=O)O)=C(COc4ccc5nc(C6=N[C@@H](C(=O)O)CS6)sc5c4)CS[C@H]23)cc1. The lowest BCUT2D eigenvalue weighted by Crippen LogP contribution is -2.66.